The highest BCUT2D eigenvalue weighted by molar-refractivity contribution is 6.42. The molecule has 0 fully saturated rings. The van der Waals surface area contributed by atoms with Crippen molar-refractivity contribution in [2.24, 2.45) is 11.8 Å². The summed E-state index contributed by atoms with van der Waals surface area (Å²) in [5.41, 5.74) is 0.949. The molecule has 0 saturated carbocycles. The molecule has 0 spiro atoms. The molecule has 2 N–H and O–H groups in total. The molecule has 2 aromatic rings. The molecule has 2 aromatic carbocycles. The quantitative estimate of drug-likeness (QED) is 0.707. The third-order valence-electron chi connectivity index (χ3n) is 4.68. The van der Waals surface area contributed by atoms with Crippen molar-refractivity contribution in [1.29, 1.82) is 0 Å². The minimum atomic E-state index is -1.26. The van der Waals surface area contributed by atoms with E-state index >= 15 is 0 Å². The topological polar surface area (TPSA) is 98.3 Å². The Hall–Kier alpha value is -2.83. The highest BCUT2D eigenvalue weighted by atomic mass is 35.5. The fourth-order valence-corrected chi connectivity index (χ4v) is 3.45. The number of nitrogens with one attached hydrogen (secondary N) is 2. The molecule has 8 heteroatoms. The van der Waals surface area contributed by atoms with Gasteiger partial charge in [-0.1, -0.05) is 47.5 Å². The molecule has 0 unspecified atom stereocenters. The molecule has 1 aliphatic carbocycles. The van der Waals surface area contributed by atoms with E-state index in [0.717, 1.165) is 0 Å². The Balaban J connectivity index is 1.78. The fraction of sp³-hybridized carbons (Fsp3) is 0.190. The molecule has 29 heavy (non-hydrogen) atoms. The van der Waals surface area contributed by atoms with E-state index in [0.29, 0.717) is 22.2 Å². The molecular formula is C21H17Cl2N2O4-. The molecule has 3 rings (SSSR count). The number of allylic oxidation sites excluding steroid dienone is 2. The molecule has 150 valence electrons. The van der Waals surface area contributed by atoms with Crippen LogP contribution in [0.15, 0.2) is 54.6 Å². The van der Waals surface area contributed by atoms with E-state index in [4.69, 9.17) is 23.2 Å². The Kier molecular flexibility index (Phi) is 6.56. The Morgan fingerprint density at radius 2 is 1.59 bits per heavy atom. The third kappa shape index (κ3) is 4.96. The molecule has 0 aromatic heterocycles. The molecular weight excluding hydrogens is 415 g/mol. The summed E-state index contributed by atoms with van der Waals surface area (Å²) >= 11 is 11.9. The lowest BCUT2D eigenvalue weighted by molar-refractivity contribution is -0.313. The predicted octanol–water partition coefficient (Wildman–Crippen LogP) is 3.52. The summed E-state index contributed by atoms with van der Waals surface area (Å²) < 4.78 is 0. The highest BCUT2D eigenvalue weighted by Crippen LogP contribution is 2.28. The van der Waals surface area contributed by atoms with Crippen molar-refractivity contribution in [2.45, 2.75) is 12.8 Å². The van der Waals surface area contributed by atoms with Crippen molar-refractivity contribution in [3.63, 3.8) is 0 Å². The van der Waals surface area contributed by atoms with E-state index in [1.54, 1.807) is 48.6 Å². The van der Waals surface area contributed by atoms with Gasteiger partial charge in [0.2, 0.25) is 5.91 Å². The first-order valence-electron chi connectivity index (χ1n) is 8.89. The van der Waals surface area contributed by atoms with Crippen LogP contribution in [-0.4, -0.2) is 17.8 Å². The predicted molar refractivity (Wildman–Crippen MR) is 110 cm³/mol. The number of carboxylic acids is 1. The van der Waals surface area contributed by atoms with Crippen molar-refractivity contribution in [3.05, 3.63) is 70.2 Å². The van der Waals surface area contributed by atoms with Crippen molar-refractivity contribution in [1.82, 2.24) is 0 Å². The number of carboxylic acid groups (broad SMARTS) is 1. The molecule has 1 aliphatic rings. The van der Waals surface area contributed by atoms with Crippen molar-refractivity contribution in [3.8, 4) is 0 Å². The molecule has 0 aliphatic heterocycles. The zero-order valence-electron chi connectivity index (χ0n) is 15.2. The number of rotatable bonds is 5. The van der Waals surface area contributed by atoms with Gasteiger partial charge in [0.1, 0.15) is 0 Å². The average molecular weight is 432 g/mol. The lowest BCUT2D eigenvalue weighted by Crippen LogP contribution is -2.41. The molecule has 0 bridgehead atoms. The Morgan fingerprint density at radius 1 is 0.897 bits per heavy atom. The number of anilines is 2. The van der Waals surface area contributed by atoms with Crippen LogP contribution in [0.25, 0.3) is 0 Å². The van der Waals surface area contributed by atoms with Gasteiger partial charge in [-0.2, -0.15) is 0 Å². The van der Waals surface area contributed by atoms with E-state index in [9.17, 15) is 19.5 Å². The Bertz CT molecular complexity index is 990. The van der Waals surface area contributed by atoms with Gasteiger partial charge in [-0.25, -0.2) is 0 Å². The van der Waals surface area contributed by atoms with E-state index in [1.165, 1.54) is 6.07 Å². The Labute approximate surface area is 177 Å². The maximum Gasteiger partial charge on any atom is 0.257 e. The van der Waals surface area contributed by atoms with Crippen LogP contribution in [0.3, 0.4) is 0 Å². The number of halogens is 2. The summed E-state index contributed by atoms with van der Waals surface area (Å²) in [7, 11) is 0. The van der Waals surface area contributed by atoms with E-state index in [1.807, 2.05) is 0 Å². The molecule has 6 nitrogen and oxygen atoms in total. The zero-order valence-corrected chi connectivity index (χ0v) is 16.7. The monoisotopic (exact) mass is 431 g/mol. The largest absolute Gasteiger partial charge is 0.550 e. The van der Waals surface area contributed by atoms with Crippen molar-refractivity contribution in [2.75, 3.05) is 10.6 Å². The number of carbonyl (C=O) groups is 3. The minimum absolute atomic E-state index is 0.225. The summed E-state index contributed by atoms with van der Waals surface area (Å²) in [6.45, 7) is 0. The smallest absolute Gasteiger partial charge is 0.257 e. The minimum Gasteiger partial charge on any atom is -0.550 e. The summed E-state index contributed by atoms with van der Waals surface area (Å²) in [6.07, 6.45) is 4.03. The van der Waals surface area contributed by atoms with E-state index < -0.39 is 29.6 Å². The molecule has 2 amide bonds. The number of amides is 2. The lowest BCUT2D eigenvalue weighted by Gasteiger charge is -2.28. The number of hydrogen-bond acceptors (Lipinski definition) is 4. The van der Waals surface area contributed by atoms with Gasteiger partial charge in [0.25, 0.3) is 5.91 Å². The van der Waals surface area contributed by atoms with Gasteiger partial charge in [0.05, 0.1) is 27.2 Å². The van der Waals surface area contributed by atoms with Gasteiger partial charge in [-0.3, -0.25) is 9.59 Å². The SMILES string of the molecule is O=C(Nc1ccc(Cl)c(Cl)c1)c1ccccc1NC(=O)[C@H]1CC=CC[C@H]1C(=O)[O-]. The second-order valence-electron chi connectivity index (χ2n) is 6.59. The summed E-state index contributed by atoms with van der Waals surface area (Å²) in [4.78, 5) is 36.7. The first kappa shape index (κ1) is 20.9. The van der Waals surface area contributed by atoms with Crippen LogP contribution >= 0.6 is 23.2 Å². The summed E-state index contributed by atoms with van der Waals surface area (Å²) in [5, 5.41) is 17.4. The maximum atomic E-state index is 12.7. The molecule has 0 radical (unpaired) electrons. The van der Waals surface area contributed by atoms with Gasteiger partial charge in [0, 0.05) is 17.6 Å². The van der Waals surface area contributed by atoms with Crippen LogP contribution in [0.1, 0.15) is 23.2 Å². The van der Waals surface area contributed by atoms with Gasteiger partial charge in [-0.15, -0.1) is 0 Å². The van der Waals surface area contributed by atoms with Gasteiger partial charge in [-0.05, 0) is 43.2 Å². The van der Waals surface area contributed by atoms with Crippen LogP contribution in [-0.2, 0) is 9.59 Å². The normalized spacial score (nSPS) is 18.1. The second-order valence-corrected chi connectivity index (χ2v) is 7.41. The van der Waals surface area contributed by atoms with Crippen LogP contribution < -0.4 is 15.7 Å². The van der Waals surface area contributed by atoms with Gasteiger partial charge < -0.3 is 20.5 Å². The maximum absolute atomic E-state index is 12.7. The second kappa shape index (κ2) is 9.11. The van der Waals surface area contributed by atoms with Crippen LogP contribution in [0.2, 0.25) is 10.0 Å². The van der Waals surface area contributed by atoms with Crippen LogP contribution in [0.5, 0.6) is 0 Å². The summed E-state index contributed by atoms with van der Waals surface area (Å²) in [5.74, 6) is -3.87. The molecule has 0 heterocycles. The summed E-state index contributed by atoms with van der Waals surface area (Å²) in [6, 6.07) is 11.1. The van der Waals surface area contributed by atoms with Crippen molar-refractivity contribution < 1.29 is 19.5 Å². The molecule has 0 saturated heterocycles. The standard InChI is InChI=1S/C21H18Cl2N2O4/c22-16-10-9-12(11-17(16)23)24-20(27)15-7-3-4-8-18(15)25-19(26)13-5-1-2-6-14(13)21(28)29/h1-4,7-11,13-14H,5-6H2,(H,24,27)(H,25,26)(H,28,29)/p-1/t13-,14+/m0/s1. The average Bonchev–Trinajstić information content (AvgIpc) is 2.71. The number of carbonyl (C=O) groups excluding carboxylic acids is 3. The number of benzene rings is 2. The van der Waals surface area contributed by atoms with Gasteiger partial charge in [0.15, 0.2) is 0 Å². The zero-order chi connectivity index (χ0) is 21.0. The van der Waals surface area contributed by atoms with Crippen LogP contribution in [0, 0.1) is 11.8 Å². The Morgan fingerprint density at radius 3 is 2.28 bits per heavy atom. The van der Waals surface area contributed by atoms with Gasteiger partial charge >= 0.3 is 0 Å². The van der Waals surface area contributed by atoms with E-state index in [-0.39, 0.29) is 17.7 Å². The fourth-order valence-electron chi connectivity index (χ4n) is 3.15. The number of hydrogen-bond donors (Lipinski definition) is 2. The highest BCUT2D eigenvalue weighted by Gasteiger charge is 2.30. The number of para-hydroxylation sites is 1. The number of aliphatic carboxylic acids is 1. The first-order chi connectivity index (χ1) is 13.9. The first-order valence-corrected chi connectivity index (χ1v) is 9.64. The lowest BCUT2D eigenvalue weighted by atomic mass is 9.82. The van der Waals surface area contributed by atoms with Crippen LogP contribution in [0.4, 0.5) is 11.4 Å². The van der Waals surface area contributed by atoms with E-state index in [2.05, 4.69) is 10.6 Å². The molecule has 2 atom stereocenters. The van der Waals surface area contributed by atoms with Crippen molar-refractivity contribution >= 4 is 52.4 Å². The third-order valence-corrected chi connectivity index (χ3v) is 5.42.